The van der Waals surface area contributed by atoms with E-state index in [2.05, 4.69) is 10.3 Å². The molecule has 7 nitrogen and oxygen atoms in total. The molecule has 0 bridgehead atoms. The molecule has 150 valence electrons. The zero-order valence-corrected chi connectivity index (χ0v) is 15.1. The molecule has 1 amide bonds. The van der Waals surface area contributed by atoms with Crippen molar-refractivity contribution in [3.8, 4) is 11.5 Å². The number of halogens is 2. The summed E-state index contributed by atoms with van der Waals surface area (Å²) in [6.45, 7) is 2.28. The summed E-state index contributed by atoms with van der Waals surface area (Å²) in [6, 6.07) is 6.19. The van der Waals surface area contributed by atoms with Crippen LogP contribution in [0.15, 0.2) is 42.7 Å². The Morgan fingerprint density at radius 2 is 2.00 bits per heavy atom. The summed E-state index contributed by atoms with van der Waals surface area (Å²) in [7, 11) is 0. The van der Waals surface area contributed by atoms with E-state index in [1.54, 1.807) is 25.4 Å². The zero-order valence-electron chi connectivity index (χ0n) is 15.1. The third kappa shape index (κ3) is 6.19. The number of carboxylic acids is 1. The zero-order chi connectivity index (χ0) is 20.5. The fraction of sp³-hybridized carbons (Fsp3) is 0.316. The van der Waals surface area contributed by atoms with E-state index in [4.69, 9.17) is 14.6 Å². The molecular formula is C19H20F2N2O5. The molecule has 1 aromatic carbocycles. The molecule has 2 N–H and O–H groups in total. The summed E-state index contributed by atoms with van der Waals surface area (Å²) in [5, 5.41) is 11.1. The molecule has 2 rings (SSSR count). The van der Waals surface area contributed by atoms with Crippen molar-refractivity contribution in [3.05, 3.63) is 53.9 Å². The van der Waals surface area contributed by atoms with Gasteiger partial charge in [0.25, 0.3) is 5.91 Å². The molecule has 0 aliphatic heterocycles. The third-order valence-electron chi connectivity index (χ3n) is 3.64. The van der Waals surface area contributed by atoms with Gasteiger partial charge in [-0.15, -0.1) is 0 Å². The maximum Gasteiger partial charge on any atom is 0.326 e. The summed E-state index contributed by atoms with van der Waals surface area (Å²) in [5.74, 6) is -1.67. The highest BCUT2D eigenvalue weighted by Gasteiger charge is 2.25. The average Bonchev–Trinajstić information content (AvgIpc) is 2.67. The Bertz CT molecular complexity index is 802. The molecule has 1 aromatic heterocycles. The van der Waals surface area contributed by atoms with Gasteiger partial charge in [0.1, 0.15) is 12.6 Å². The van der Waals surface area contributed by atoms with Crippen molar-refractivity contribution in [1.82, 2.24) is 10.3 Å². The Morgan fingerprint density at radius 1 is 1.21 bits per heavy atom. The summed E-state index contributed by atoms with van der Waals surface area (Å²) < 4.78 is 36.1. The Kier molecular flexibility index (Phi) is 7.67. The Morgan fingerprint density at radius 3 is 2.61 bits per heavy atom. The quantitative estimate of drug-likeness (QED) is 0.643. The normalized spacial score (nSPS) is 11.7. The lowest BCUT2D eigenvalue weighted by atomic mass is 10.1. The molecule has 0 saturated carbocycles. The monoisotopic (exact) mass is 394 g/mol. The molecule has 2 aromatic rings. The summed E-state index contributed by atoms with van der Waals surface area (Å²) in [4.78, 5) is 27.3. The van der Waals surface area contributed by atoms with Gasteiger partial charge in [-0.1, -0.05) is 6.07 Å². The predicted octanol–water partition coefficient (Wildman–Crippen LogP) is 2.90. The third-order valence-corrected chi connectivity index (χ3v) is 3.64. The van der Waals surface area contributed by atoms with Crippen LogP contribution < -0.4 is 14.8 Å². The molecule has 0 aliphatic carbocycles. The molecule has 0 aliphatic rings. The fourth-order valence-electron chi connectivity index (χ4n) is 2.32. The predicted molar refractivity (Wildman–Crippen MR) is 95.7 cm³/mol. The Balaban J connectivity index is 2.13. The number of aliphatic carboxylic acids is 1. The average molecular weight is 394 g/mol. The van der Waals surface area contributed by atoms with Gasteiger partial charge >= 0.3 is 5.97 Å². The standard InChI is InChI=1S/C19H20F2N2O5/c1-2-27-16-8-13(18(24)23-14(19(25)26)9-17(20)21)5-6-15(16)28-11-12-4-3-7-22-10-12/h3-8,10,14,17H,2,9,11H2,1H3,(H,23,24)(H,25,26). The number of hydrogen-bond acceptors (Lipinski definition) is 5. The van der Waals surface area contributed by atoms with Crippen LogP contribution in [-0.4, -0.2) is 41.0 Å². The molecule has 28 heavy (non-hydrogen) atoms. The lowest BCUT2D eigenvalue weighted by Crippen LogP contribution is -2.42. The first-order valence-electron chi connectivity index (χ1n) is 8.51. The van der Waals surface area contributed by atoms with Crippen LogP contribution in [0.1, 0.15) is 29.3 Å². The number of carbonyl (C=O) groups excluding carboxylic acids is 1. The minimum Gasteiger partial charge on any atom is -0.490 e. The van der Waals surface area contributed by atoms with E-state index in [0.29, 0.717) is 12.4 Å². The van der Waals surface area contributed by atoms with Gasteiger partial charge in [0.2, 0.25) is 6.43 Å². The van der Waals surface area contributed by atoms with Crippen LogP contribution in [0, 0.1) is 0 Å². The molecule has 0 saturated heterocycles. The van der Waals surface area contributed by atoms with E-state index in [0.717, 1.165) is 5.56 Å². The highest BCUT2D eigenvalue weighted by Crippen LogP contribution is 2.29. The number of amides is 1. The van der Waals surface area contributed by atoms with Gasteiger partial charge in [0, 0.05) is 29.9 Å². The SMILES string of the molecule is CCOc1cc(C(=O)NC(CC(F)F)C(=O)O)ccc1OCc1cccnc1. The van der Waals surface area contributed by atoms with Crippen LogP contribution in [0.4, 0.5) is 8.78 Å². The number of hydrogen-bond donors (Lipinski definition) is 2. The van der Waals surface area contributed by atoms with Crippen LogP contribution in [0.2, 0.25) is 0 Å². The van der Waals surface area contributed by atoms with E-state index in [-0.39, 0.29) is 17.9 Å². The molecule has 0 spiro atoms. The molecule has 0 fully saturated rings. The van der Waals surface area contributed by atoms with Crippen molar-refractivity contribution in [2.24, 2.45) is 0 Å². The minimum atomic E-state index is -2.86. The second-order valence-electron chi connectivity index (χ2n) is 5.74. The topological polar surface area (TPSA) is 97.8 Å². The van der Waals surface area contributed by atoms with Crippen molar-refractivity contribution in [3.63, 3.8) is 0 Å². The van der Waals surface area contributed by atoms with Gasteiger partial charge in [-0.25, -0.2) is 13.6 Å². The Hall–Kier alpha value is -3.23. The molecule has 1 heterocycles. The highest BCUT2D eigenvalue weighted by molar-refractivity contribution is 5.97. The number of pyridine rings is 1. The summed E-state index contributed by atoms with van der Waals surface area (Å²) in [6.07, 6.45) is -0.548. The number of carboxylic acid groups (broad SMARTS) is 1. The van der Waals surface area contributed by atoms with E-state index >= 15 is 0 Å². The molecule has 0 radical (unpaired) electrons. The van der Waals surface area contributed by atoms with E-state index in [1.165, 1.54) is 18.2 Å². The highest BCUT2D eigenvalue weighted by atomic mass is 19.3. The summed E-state index contributed by atoms with van der Waals surface area (Å²) >= 11 is 0. The maximum absolute atomic E-state index is 12.5. The van der Waals surface area contributed by atoms with Gasteiger partial charge in [0.15, 0.2) is 11.5 Å². The maximum atomic E-state index is 12.5. The molecule has 1 unspecified atom stereocenters. The van der Waals surface area contributed by atoms with E-state index < -0.39 is 30.8 Å². The van der Waals surface area contributed by atoms with Gasteiger partial charge in [-0.3, -0.25) is 9.78 Å². The minimum absolute atomic E-state index is 0.0673. The van der Waals surface area contributed by atoms with Crippen LogP contribution in [0.3, 0.4) is 0 Å². The van der Waals surface area contributed by atoms with Gasteiger partial charge in [-0.05, 0) is 31.2 Å². The smallest absolute Gasteiger partial charge is 0.326 e. The largest absolute Gasteiger partial charge is 0.490 e. The fourth-order valence-corrected chi connectivity index (χ4v) is 2.32. The van der Waals surface area contributed by atoms with Crippen molar-refractivity contribution >= 4 is 11.9 Å². The number of carbonyl (C=O) groups is 2. The van der Waals surface area contributed by atoms with Crippen molar-refractivity contribution in [1.29, 1.82) is 0 Å². The molecule has 9 heteroatoms. The van der Waals surface area contributed by atoms with E-state index in [1.807, 2.05) is 6.07 Å². The summed E-state index contributed by atoms with van der Waals surface area (Å²) in [5.41, 5.74) is 0.903. The Labute approximate surface area is 160 Å². The van der Waals surface area contributed by atoms with Crippen LogP contribution >= 0.6 is 0 Å². The van der Waals surface area contributed by atoms with E-state index in [9.17, 15) is 18.4 Å². The van der Waals surface area contributed by atoms with Crippen LogP contribution in [-0.2, 0) is 11.4 Å². The number of aromatic nitrogens is 1. The lowest BCUT2D eigenvalue weighted by molar-refractivity contribution is -0.140. The molecule has 1 atom stereocenters. The van der Waals surface area contributed by atoms with Crippen molar-refractivity contribution < 1.29 is 33.0 Å². The first kappa shape index (κ1) is 21.1. The lowest BCUT2D eigenvalue weighted by Gasteiger charge is -2.16. The number of rotatable bonds is 10. The second-order valence-corrected chi connectivity index (χ2v) is 5.74. The molecular weight excluding hydrogens is 374 g/mol. The van der Waals surface area contributed by atoms with Gasteiger partial charge in [-0.2, -0.15) is 0 Å². The number of ether oxygens (including phenoxy) is 2. The van der Waals surface area contributed by atoms with Crippen molar-refractivity contribution in [2.75, 3.05) is 6.61 Å². The second kappa shape index (κ2) is 10.2. The number of benzene rings is 1. The van der Waals surface area contributed by atoms with Crippen LogP contribution in [0.5, 0.6) is 11.5 Å². The number of nitrogens with one attached hydrogen (secondary N) is 1. The first-order chi connectivity index (χ1) is 13.4. The number of alkyl halides is 2. The first-order valence-corrected chi connectivity index (χ1v) is 8.51. The van der Waals surface area contributed by atoms with Gasteiger partial charge < -0.3 is 19.9 Å². The van der Waals surface area contributed by atoms with Crippen LogP contribution in [0.25, 0.3) is 0 Å². The van der Waals surface area contributed by atoms with Crippen molar-refractivity contribution in [2.45, 2.75) is 32.4 Å². The van der Waals surface area contributed by atoms with Gasteiger partial charge in [0.05, 0.1) is 6.61 Å². The number of nitrogens with zero attached hydrogens (tertiary/aromatic N) is 1.